The number of nitrogens with one attached hydrogen (secondary N) is 1. The van der Waals surface area contributed by atoms with E-state index in [1.165, 1.54) is 33.1 Å². The molecule has 0 aliphatic heterocycles. The van der Waals surface area contributed by atoms with E-state index < -0.39 is 33.3 Å². The first-order valence-corrected chi connectivity index (χ1v) is 8.56. The Morgan fingerprint density at radius 3 is 2.46 bits per heavy atom. The Bertz CT molecular complexity index is 729. The van der Waals surface area contributed by atoms with E-state index in [9.17, 15) is 22.4 Å². The molecule has 9 heteroatoms. The molecule has 0 heterocycles. The molecule has 0 aliphatic rings. The first kappa shape index (κ1) is 20.0. The van der Waals surface area contributed by atoms with Crippen LogP contribution in [0, 0.1) is 5.82 Å². The van der Waals surface area contributed by atoms with Gasteiger partial charge in [-0.1, -0.05) is 6.07 Å². The molecule has 2 N–H and O–H groups in total. The van der Waals surface area contributed by atoms with Gasteiger partial charge in [0, 0.05) is 12.0 Å². The van der Waals surface area contributed by atoms with Crippen molar-refractivity contribution in [1.29, 1.82) is 0 Å². The molecule has 0 amide bonds. The van der Waals surface area contributed by atoms with Crippen molar-refractivity contribution < 1.29 is 32.2 Å². The van der Waals surface area contributed by atoms with Crippen molar-refractivity contribution in [2.45, 2.75) is 43.5 Å². The Hall–Kier alpha value is -2.00. The highest BCUT2D eigenvalue weighted by atomic mass is 32.2. The third-order valence-electron chi connectivity index (χ3n) is 3.27. The number of rotatable bonds is 8. The molecule has 0 saturated carbocycles. The molecule has 0 spiro atoms. The molecule has 0 bridgehead atoms. The zero-order valence-corrected chi connectivity index (χ0v) is 14.4. The molecule has 0 aromatic heterocycles. The third-order valence-corrected chi connectivity index (χ3v) is 4.97. The minimum atomic E-state index is -4.04. The Kier molecular flexibility index (Phi) is 6.44. The van der Waals surface area contributed by atoms with Crippen LogP contribution in [0.15, 0.2) is 23.1 Å². The number of carboxylic acid groups (broad SMARTS) is 1. The van der Waals surface area contributed by atoms with E-state index in [0.29, 0.717) is 0 Å². The lowest BCUT2D eigenvalue weighted by Crippen LogP contribution is -2.43. The molecule has 0 atom stereocenters. The maximum atomic E-state index is 14.0. The summed E-state index contributed by atoms with van der Waals surface area (Å²) < 4.78 is 45.4. The molecule has 1 aromatic carbocycles. The van der Waals surface area contributed by atoms with Crippen LogP contribution in [0.2, 0.25) is 0 Å². The van der Waals surface area contributed by atoms with Crippen LogP contribution in [-0.2, 0) is 30.8 Å². The van der Waals surface area contributed by atoms with Gasteiger partial charge in [0.1, 0.15) is 5.82 Å². The molecule has 7 nitrogen and oxygen atoms in total. The first-order valence-electron chi connectivity index (χ1n) is 7.08. The van der Waals surface area contributed by atoms with Gasteiger partial charge in [-0.3, -0.25) is 9.59 Å². The number of carbonyl (C=O) groups excluding carboxylic acids is 1. The lowest BCUT2D eigenvalue weighted by molar-refractivity contribution is -0.140. The fraction of sp³-hybridized carbons (Fsp3) is 0.467. The van der Waals surface area contributed by atoms with Crippen LogP contribution >= 0.6 is 0 Å². The first-order chi connectivity index (χ1) is 11.0. The van der Waals surface area contributed by atoms with Gasteiger partial charge in [0.2, 0.25) is 10.0 Å². The second-order valence-corrected chi connectivity index (χ2v) is 7.57. The number of hydrogen-bond donors (Lipinski definition) is 2. The molecule has 24 heavy (non-hydrogen) atoms. The predicted octanol–water partition coefficient (Wildman–Crippen LogP) is 1.46. The molecule has 0 fully saturated rings. The predicted molar refractivity (Wildman–Crippen MR) is 83.4 cm³/mol. The highest BCUT2D eigenvalue weighted by molar-refractivity contribution is 7.89. The van der Waals surface area contributed by atoms with Gasteiger partial charge < -0.3 is 9.84 Å². The Balaban J connectivity index is 2.96. The molecule has 0 saturated heterocycles. The van der Waals surface area contributed by atoms with Gasteiger partial charge in [-0.25, -0.2) is 17.5 Å². The van der Waals surface area contributed by atoms with Gasteiger partial charge in [0.15, 0.2) is 0 Å². The zero-order valence-electron chi connectivity index (χ0n) is 13.6. The number of halogens is 1. The third kappa shape index (κ3) is 5.89. The molecule has 0 unspecified atom stereocenters. The standard InChI is InChI=1S/C15H20FNO6S/c1-15(2,7-6-13(18)19)17-24(21,22)11-5-4-10(12(16)9-11)8-14(20)23-3/h4-5,9,17H,6-8H2,1-3H3,(H,18,19). The normalized spacial score (nSPS) is 12.0. The van der Waals surface area contributed by atoms with Crippen LogP contribution in [-0.4, -0.2) is 38.1 Å². The summed E-state index contributed by atoms with van der Waals surface area (Å²) in [6, 6.07) is 3.19. The minimum Gasteiger partial charge on any atom is -0.481 e. The average molecular weight is 361 g/mol. The highest BCUT2D eigenvalue weighted by Crippen LogP contribution is 2.20. The Labute approximate surface area is 139 Å². The summed E-state index contributed by atoms with van der Waals surface area (Å²) in [5.41, 5.74) is -0.996. The summed E-state index contributed by atoms with van der Waals surface area (Å²) in [5, 5.41) is 8.69. The molecule has 1 rings (SSSR count). The number of methoxy groups -OCH3 is 1. The second kappa shape index (κ2) is 7.71. The number of aliphatic carboxylic acids is 1. The Morgan fingerprint density at radius 2 is 1.96 bits per heavy atom. The minimum absolute atomic E-state index is 0.0194. The maximum Gasteiger partial charge on any atom is 0.310 e. The van der Waals surface area contributed by atoms with Crippen LogP contribution in [0.1, 0.15) is 32.3 Å². The summed E-state index contributed by atoms with van der Waals surface area (Å²) in [7, 11) is -2.87. The van der Waals surface area contributed by atoms with Gasteiger partial charge in [0.25, 0.3) is 0 Å². The van der Waals surface area contributed by atoms with Crippen molar-refractivity contribution in [3.05, 3.63) is 29.6 Å². The fourth-order valence-corrected chi connectivity index (χ4v) is 3.41. The molecule has 0 aliphatic carbocycles. The number of sulfonamides is 1. The van der Waals surface area contributed by atoms with E-state index in [1.807, 2.05) is 0 Å². The highest BCUT2D eigenvalue weighted by Gasteiger charge is 2.27. The van der Waals surface area contributed by atoms with Gasteiger partial charge in [0.05, 0.1) is 18.4 Å². The molecule has 0 radical (unpaired) electrons. The van der Waals surface area contributed by atoms with Crippen LogP contribution in [0.25, 0.3) is 0 Å². The van der Waals surface area contributed by atoms with Gasteiger partial charge in [-0.2, -0.15) is 0 Å². The van der Waals surface area contributed by atoms with E-state index in [-0.39, 0.29) is 29.7 Å². The Morgan fingerprint density at radius 1 is 1.33 bits per heavy atom. The smallest absolute Gasteiger partial charge is 0.310 e. The van der Waals surface area contributed by atoms with Crippen molar-refractivity contribution in [3.63, 3.8) is 0 Å². The second-order valence-electron chi connectivity index (χ2n) is 5.89. The fourth-order valence-electron chi connectivity index (χ4n) is 1.96. The maximum absolute atomic E-state index is 14.0. The van der Waals surface area contributed by atoms with Crippen molar-refractivity contribution in [1.82, 2.24) is 4.72 Å². The number of benzene rings is 1. The van der Waals surface area contributed by atoms with Crippen LogP contribution < -0.4 is 4.72 Å². The SMILES string of the molecule is COC(=O)Cc1ccc(S(=O)(=O)NC(C)(C)CCC(=O)O)cc1F. The average Bonchev–Trinajstić information content (AvgIpc) is 2.46. The van der Waals surface area contributed by atoms with E-state index in [1.54, 1.807) is 0 Å². The van der Waals surface area contributed by atoms with E-state index >= 15 is 0 Å². The van der Waals surface area contributed by atoms with E-state index in [0.717, 1.165) is 6.07 Å². The molecule has 1 aromatic rings. The van der Waals surface area contributed by atoms with E-state index in [2.05, 4.69) is 9.46 Å². The van der Waals surface area contributed by atoms with Crippen LogP contribution in [0.4, 0.5) is 4.39 Å². The summed E-state index contributed by atoms with van der Waals surface area (Å²) in [6.07, 6.45) is -0.438. The van der Waals surface area contributed by atoms with Gasteiger partial charge in [-0.15, -0.1) is 0 Å². The molecular formula is C15H20FNO6S. The summed E-state index contributed by atoms with van der Waals surface area (Å²) >= 11 is 0. The lowest BCUT2D eigenvalue weighted by Gasteiger charge is -2.25. The quantitative estimate of drug-likeness (QED) is 0.679. The number of carbonyl (C=O) groups is 2. The van der Waals surface area contributed by atoms with Gasteiger partial charge in [-0.05, 0) is 38.0 Å². The monoisotopic (exact) mass is 361 g/mol. The van der Waals surface area contributed by atoms with Crippen molar-refractivity contribution in [2.24, 2.45) is 0 Å². The van der Waals surface area contributed by atoms with Crippen molar-refractivity contribution in [2.75, 3.05) is 7.11 Å². The number of carboxylic acids is 1. The summed E-state index contributed by atoms with van der Waals surface area (Å²) in [6.45, 7) is 3.07. The van der Waals surface area contributed by atoms with Crippen LogP contribution in [0.3, 0.4) is 0 Å². The van der Waals surface area contributed by atoms with Crippen molar-refractivity contribution in [3.8, 4) is 0 Å². The number of esters is 1. The topological polar surface area (TPSA) is 110 Å². The number of hydrogen-bond acceptors (Lipinski definition) is 5. The molecular weight excluding hydrogens is 341 g/mol. The van der Waals surface area contributed by atoms with Gasteiger partial charge >= 0.3 is 11.9 Å². The molecule has 134 valence electrons. The largest absolute Gasteiger partial charge is 0.481 e. The number of ether oxygens (including phenoxy) is 1. The summed E-state index contributed by atoms with van der Waals surface area (Å²) in [5.74, 6) is -2.52. The van der Waals surface area contributed by atoms with E-state index in [4.69, 9.17) is 5.11 Å². The zero-order chi connectivity index (χ0) is 18.5. The van der Waals surface area contributed by atoms with Crippen molar-refractivity contribution >= 4 is 22.0 Å². The van der Waals surface area contributed by atoms with Crippen LogP contribution in [0.5, 0.6) is 0 Å². The summed E-state index contributed by atoms with van der Waals surface area (Å²) in [4.78, 5) is 21.5. The lowest BCUT2D eigenvalue weighted by atomic mass is 10.0.